The zero-order valence-corrected chi connectivity index (χ0v) is 24.0. The second kappa shape index (κ2) is 18.1. The lowest BCUT2D eigenvalue weighted by molar-refractivity contribution is 0.371. The Morgan fingerprint density at radius 2 is 0.909 bits per heavy atom. The van der Waals surface area contributed by atoms with Gasteiger partial charge in [0.1, 0.15) is 0 Å². The molecule has 2 aliphatic carbocycles. The minimum absolute atomic E-state index is 0.944. The lowest BCUT2D eigenvalue weighted by Gasteiger charge is -2.32. The van der Waals surface area contributed by atoms with Gasteiger partial charge >= 0.3 is 0 Å². The van der Waals surface area contributed by atoms with Crippen molar-refractivity contribution in [2.75, 3.05) is 0 Å². The fourth-order valence-electron chi connectivity index (χ4n) is 6.87. The van der Waals surface area contributed by atoms with Gasteiger partial charge in [-0.15, -0.1) is 0 Å². The number of hydrogen-bond acceptors (Lipinski definition) is 2. The molecule has 1 saturated heterocycles. The molecule has 3 aliphatic rings. The summed E-state index contributed by atoms with van der Waals surface area (Å²) >= 11 is 4.90. The molecule has 0 amide bonds. The smallest absolute Gasteiger partial charge is 0.195 e. The van der Waals surface area contributed by atoms with Crippen molar-refractivity contribution in [3.63, 3.8) is 0 Å². The molecule has 2 bridgehead atoms. The Morgan fingerprint density at radius 3 is 1.45 bits per heavy atom. The normalized spacial score (nSPS) is 34.9. The molecule has 5 unspecified atom stereocenters. The molecule has 4 heteroatoms. The van der Waals surface area contributed by atoms with E-state index in [0.29, 0.717) is 0 Å². The summed E-state index contributed by atoms with van der Waals surface area (Å²) in [5.41, 5.74) is 0. The maximum atomic E-state index is 2.45. The van der Waals surface area contributed by atoms with Gasteiger partial charge in [-0.1, -0.05) is 153 Å². The van der Waals surface area contributed by atoms with Crippen molar-refractivity contribution in [1.29, 1.82) is 0 Å². The Hall–Kier alpha value is 0.830. The van der Waals surface area contributed by atoms with E-state index < -0.39 is 0 Å². The van der Waals surface area contributed by atoms with Crippen molar-refractivity contribution in [2.24, 2.45) is 5.92 Å². The summed E-state index contributed by atoms with van der Waals surface area (Å²) in [5.74, 6) is 3.06. The number of hydrogen-bond donors (Lipinski definition) is 0. The van der Waals surface area contributed by atoms with Crippen LogP contribution in [0.5, 0.6) is 0 Å². The van der Waals surface area contributed by atoms with E-state index in [4.69, 9.17) is 0 Å². The Balaban J connectivity index is 1.63. The third-order valence-electron chi connectivity index (χ3n) is 9.11. The third kappa shape index (κ3) is 12.1. The van der Waals surface area contributed by atoms with Crippen molar-refractivity contribution >= 4 is 36.3 Å². The Morgan fingerprint density at radius 1 is 0.485 bits per heavy atom. The van der Waals surface area contributed by atoms with Crippen molar-refractivity contribution in [2.45, 2.75) is 177 Å². The van der Waals surface area contributed by atoms with Gasteiger partial charge in [-0.05, 0) is 18.8 Å². The first-order chi connectivity index (χ1) is 16.3. The van der Waals surface area contributed by atoms with Crippen LogP contribution in [-0.2, 0) is 0 Å². The summed E-state index contributed by atoms with van der Waals surface area (Å²) in [6.07, 6.45) is 34.6. The van der Waals surface area contributed by atoms with Crippen LogP contribution in [0.15, 0.2) is 0 Å². The summed E-state index contributed by atoms with van der Waals surface area (Å²) in [6, 6.07) is 0. The van der Waals surface area contributed by atoms with Crippen molar-refractivity contribution < 1.29 is 0 Å². The molecular weight excluding hydrogens is 434 g/mol. The molecule has 1 heterocycles. The van der Waals surface area contributed by atoms with E-state index in [9.17, 15) is 0 Å². The fraction of sp³-hybridized carbons (Fsp3) is 1.00. The molecule has 3 rings (SSSR count). The summed E-state index contributed by atoms with van der Waals surface area (Å²) in [4.78, 5) is 0. The van der Waals surface area contributed by atoms with Gasteiger partial charge in [0.05, 0.1) is 0 Å². The van der Waals surface area contributed by atoms with Gasteiger partial charge < -0.3 is 0 Å². The number of rotatable bonds is 2. The van der Waals surface area contributed by atoms with E-state index in [0.717, 1.165) is 28.1 Å². The average Bonchev–Trinajstić information content (AvgIpc) is 2.81. The van der Waals surface area contributed by atoms with Gasteiger partial charge in [-0.2, -0.15) is 0 Å². The van der Waals surface area contributed by atoms with Crippen LogP contribution >= 0.6 is 23.2 Å². The largest absolute Gasteiger partial charge is 0.210 e. The van der Waals surface area contributed by atoms with E-state index >= 15 is 0 Å². The zero-order chi connectivity index (χ0) is 23.0. The van der Waals surface area contributed by atoms with Gasteiger partial charge in [-0.25, -0.2) is 23.2 Å². The first-order valence-corrected chi connectivity index (χ1v) is 17.7. The lowest BCUT2D eigenvalue weighted by atomic mass is 9.70. The molecule has 3 fully saturated rings. The highest BCUT2D eigenvalue weighted by Gasteiger charge is 2.28. The molecule has 2 saturated carbocycles. The van der Waals surface area contributed by atoms with Crippen molar-refractivity contribution in [3.05, 3.63) is 0 Å². The molecule has 0 aromatic carbocycles. The lowest BCUT2D eigenvalue weighted by Crippen LogP contribution is -2.25. The highest BCUT2D eigenvalue weighted by Crippen LogP contribution is 2.41. The molecular formula is C29H56B2S2. The summed E-state index contributed by atoms with van der Waals surface area (Å²) in [5, 5.41) is 1.89. The molecule has 0 spiro atoms. The van der Waals surface area contributed by atoms with Gasteiger partial charge in [0.25, 0.3) is 0 Å². The van der Waals surface area contributed by atoms with Crippen LogP contribution in [-0.4, -0.2) is 23.6 Å². The second-order valence-electron chi connectivity index (χ2n) is 12.0. The van der Waals surface area contributed by atoms with Gasteiger partial charge in [0.2, 0.25) is 0 Å². The Bertz CT molecular complexity index is 475. The molecule has 1 aliphatic heterocycles. The van der Waals surface area contributed by atoms with Gasteiger partial charge in [0, 0.05) is 10.5 Å². The highest BCUT2D eigenvalue weighted by molar-refractivity contribution is 8.26. The van der Waals surface area contributed by atoms with Crippen LogP contribution < -0.4 is 0 Å². The molecule has 0 radical (unpaired) electrons. The summed E-state index contributed by atoms with van der Waals surface area (Å²) in [7, 11) is 0. The minimum Gasteiger partial charge on any atom is -0.210 e. The van der Waals surface area contributed by atoms with Crippen molar-refractivity contribution in [3.8, 4) is 0 Å². The Kier molecular flexibility index (Phi) is 15.6. The molecule has 0 aromatic rings. The molecule has 190 valence electrons. The van der Waals surface area contributed by atoms with Crippen LogP contribution in [0, 0.1) is 5.92 Å². The van der Waals surface area contributed by atoms with Crippen LogP contribution in [0.2, 0.25) is 11.6 Å². The quantitative estimate of drug-likeness (QED) is 0.353. The minimum atomic E-state index is 0.944. The highest BCUT2D eigenvalue weighted by atomic mass is 32.2. The SMILES string of the molecule is CCCC1CCCCC2BSC3CCCCCCCCCCCCC3SBC(CCC1)CC2. The first-order valence-electron chi connectivity index (χ1n) is 15.6. The average molecular weight is 491 g/mol. The van der Waals surface area contributed by atoms with E-state index in [1.807, 2.05) is 0 Å². The van der Waals surface area contributed by atoms with E-state index in [1.165, 1.54) is 161 Å². The standard InChI is InChI=1S/C29H56B2S2/c1-2-16-25-17-13-14-19-26-23-24-27(20-15-18-25)31-33-29-22-12-10-8-6-4-3-5-7-9-11-21-28(29)32-30-26/h25-31H,2-24H2,1H3. The van der Waals surface area contributed by atoms with Crippen LogP contribution in [0.1, 0.15) is 155 Å². The summed E-state index contributed by atoms with van der Waals surface area (Å²) in [6.45, 7) is 5.36. The van der Waals surface area contributed by atoms with E-state index in [2.05, 4.69) is 30.1 Å². The first kappa shape index (κ1) is 28.4. The van der Waals surface area contributed by atoms with Crippen molar-refractivity contribution in [1.82, 2.24) is 0 Å². The van der Waals surface area contributed by atoms with Gasteiger partial charge in [0.15, 0.2) is 13.1 Å². The molecule has 0 aromatic heterocycles. The second-order valence-corrected chi connectivity index (χ2v) is 14.6. The van der Waals surface area contributed by atoms with Crippen LogP contribution in [0.3, 0.4) is 0 Å². The molecule has 0 N–H and O–H groups in total. The fourth-order valence-corrected chi connectivity index (χ4v) is 10.4. The third-order valence-corrected chi connectivity index (χ3v) is 12.6. The van der Waals surface area contributed by atoms with Gasteiger partial charge in [-0.3, -0.25) is 0 Å². The zero-order valence-electron chi connectivity index (χ0n) is 22.4. The predicted molar refractivity (Wildman–Crippen MR) is 160 cm³/mol. The predicted octanol–water partition coefficient (Wildman–Crippen LogP) is 10.1. The van der Waals surface area contributed by atoms with E-state index in [-0.39, 0.29) is 0 Å². The monoisotopic (exact) mass is 490 g/mol. The molecule has 33 heavy (non-hydrogen) atoms. The maximum Gasteiger partial charge on any atom is 0.195 e. The maximum absolute atomic E-state index is 2.45. The Labute approximate surface area is 218 Å². The summed E-state index contributed by atoms with van der Waals surface area (Å²) < 4.78 is 0. The molecule has 0 nitrogen and oxygen atoms in total. The topological polar surface area (TPSA) is 0 Å². The van der Waals surface area contributed by atoms with E-state index in [1.54, 1.807) is 0 Å². The molecule has 5 atom stereocenters. The van der Waals surface area contributed by atoms with Crippen LogP contribution in [0.4, 0.5) is 0 Å². The van der Waals surface area contributed by atoms with Crippen LogP contribution in [0.25, 0.3) is 0 Å². The number of fused-ring (bicyclic) bond motifs is 4.